The Hall–Kier alpha value is -3.17. The van der Waals surface area contributed by atoms with Crippen molar-refractivity contribution in [1.82, 2.24) is 0 Å². The minimum atomic E-state index is -5.41. The van der Waals surface area contributed by atoms with Crippen molar-refractivity contribution in [1.29, 1.82) is 0 Å². The van der Waals surface area contributed by atoms with Crippen molar-refractivity contribution < 1.29 is 42.3 Å². The zero-order valence-electron chi connectivity index (χ0n) is 17.4. The van der Waals surface area contributed by atoms with Crippen LogP contribution in [0.3, 0.4) is 0 Å². The predicted octanol–water partition coefficient (Wildman–Crippen LogP) is 3.58. The molecule has 1 aliphatic carbocycles. The molecule has 172 valence electrons. The third kappa shape index (κ3) is 3.78. The number of esters is 1. The SMILES string of the molecule is COC(=O)[C@H]1[C@H](c2ccc([N+](=O)[O-])cc2)C2=C(CC(C)(C)CC2=C=O)O[C@]1(O)C(F)(F)F. The second kappa shape index (κ2) is 7.75. The smallest absolute Gasteiger partial charge is 0.456 e. The lowest BCUT2D eigenvalue weighted by molar-refractivity contribution is -0.384. The van der Waals surface area contributed by atoms with Gasteiger partial charge in [-0.3, -0.25) is 14.9 Å². The van der Waals surface area contributed by atoms with E-state index in [0.717, 1.165) is 19.2 Å². The molecule has 0 amide bonds. The molecule has 2 aliphatic rings. The van der Waals surface area contributed by atoms with E-state index < -0.39 is 40.1 Å². The average molecular weight is 455 g/mol. The van der Waals surface area contributed by atoms with Gasteiger partial charge in [-0.25, -0.2) is 4.79 Å². The summed E-state index contributed by atoms with van der Waals surface area (Å²) in [5, 5.41) is 21.7. The van der Waals surface area contributed by atoms with Gasteiger partial charge in [0.15, 0.2) is 0 Å². The topological polar surface area (TPSA) is 116 Å². The number of alkyl halides is 3. The second-order valence-electron chi connectivity index (χ2n) is 8.56. The highest BCUT2D eigenvalue weighted by molar-refractivity contribution is 5.78. The summed E-state index contributed by atoms with van der Waals surface area (Å²) < 4.78 is 51.9. The van der Waals surface area contributed by atoms with Crippen LogP contribution in [-0.4, -0.2) is 41.0 Å². The van der Waals surface area contributed by atoms with Crippen LogP contribution in [0.2, 0.25) is 0 Å². The number of benzene rings is 1. The first-order valence-electron chi connectivity index (χ1n) is 9.53. The number of rotatable bonds is 3. The third-order valence-corrected chi connectivity index (χ3v) is 5.71. The van der Waals surface area contributed by atoms with E-state index in [2.05, 4.69) is 4.74 Å². The van der Waals surface area contributed by atoms with Crippen molar-refractivity contribution in [2.75, 3.05) is 7.11 Å². The molecule has 1 N–H and O–H groups in total. The maximum Gasteiger partial charge on any atom is 0.456 e. The number of nitro benzene ring substituents is 1. The summed E-state index contributed by atoms with van der Waals surface area (Å²) in [5.41, 5.74) is -0.977. The molecule has 1 aromatic rings. The Bertz CT molecular complexity index is 1040. The maximum atomic E-state index is 14.1. The molecule has 0 saturated heterocycles. The molecule has 3 rings (SSSR count). The molecule has 0 saturated carbocycles. The fraction of sp³-hybridized carbons (Fsp3) is 0.476. The van der Waals surface area contributed by atoms with Gasteiger partial charge in [-0.2, -0.15) is 13.2 Å². The van der Waals surface area contributed by atoms with Gasteiger partial charge >= 0.3 is 17.9 Å². The van der Waals surface area contributed by atoms with Crippen LogP contribution in [-0.2, 0) is 19.1 Å². The van der Waals surface area contributed by atoms with Crippen LogP contribution >= 0.6 is 0 Å². The van der Waals surface area contributed by atoms with Gasteiger partial charge in [-0.1, -0.05) is 26.0 Å². The first-order chi connectivity index (χ1) is 14.8. The minimum Gasteiger partial charge on any atom is -0.469 e. The van der Waals surface area contributed by atoms with E-state index in [1.165, 1.54) is 12.1 Å². The van der Waals surface area contributed by atoms with Crippen molar-refractivity contribution in [2.24, 2.45) is 11.3 Å². The minimum absolute atomic E-state index is 0.00210. The lowest BCUT2D eigenvalue weighted by Crippen LogP contribution is -2.60. The fourth-order valence-corrected chi connectivity index (χ4v) is 4.34. The van der Waals surface area contributed by atoms with Crippen molar-refractivity contribution in [3.8, 4) is 0 Å². The Morgan fingerprint density at radius 2 is 1.88 bits per heavy atom. The number of nitrogens with zero attached hydrogens (tertiary/aromatic N) is 1. The number of hydrogen-bond acceptors (Lipinski definition) is 7. The van der Waals surface area contributed by atoms with E-state index in [4.69, 9.17) is 4.74 Å². The molecule has 0 spiro atoms. The second-order valence-corrected chi connectivity index (χ2v) is 8.56. The summed E-state index contributed by atoms with van der Waals surface area (Å²) >= 11 is 0. The summed E-state index contributed by atoms with van der Waals surface area (Å²) in [5.74, 6) is -7.78. The number of carbonyl (C=O) groups is 1. The molecule has 8 nitrogen and oxygen atoms in total. The molecule has 32 heavy (non-hydrogen) atoms. The van der Waals surface area contributed by atoms with Crippen molar-refractivity contribution in [3.05, 3.63) is 56.8 Å². The van der Waals surface area contributed by atoms with Crippen LogP contribution in [0, 0.1) is 21.4 Å². The van der Waals surface area contributed by atoms with Crippen LogP contribution < -0.4 is 0 Å². The van der Waals surface area contributed by atoms with Gasteiger partial charge in [0.2, 0.25) is 0 Å². The number of nitro groups is 1. The molecule has 1 aliphatic heterocycles. The summed E-state index contributed by atoms with van der Waals surface area (Å²) in [6.07, 6.45) is -5.32. The van der Waals surface area contributed by atoms with Gasteiger partial charge in [0, 0.05) is 35.6 Å². The fourth-order valence-electron chi connectivity index (χ4n) is 4.34. The highest BCUT2D eigenvalue weighted by atomic mass is 19.4. The van der Waals surface area contributed by atoms with Crippen molar-refractivity contribution in [3.63, 3.8) is 0 Å². The standard InChI is InChI=1S/C21H20F3NO7/c1-19(2)8-12(10-26)15-14(9-19)32-20(28,21(22,23)24)17(18(27)31-3)16(15)11-4-6-13(7-5-11)25(29)30/h4-7,16-17,28H,8-9H2,1-3H3/t16-,17-,20+/m1/s1. The van der Waals surface area contributed by atoms with E-state index in [9.17, 15) is 38.0 Å². The van der Waals surface area contributed by atoms with Crippen molar-refractivity contribution in [2.45, 2.75) is 44.6 Å². The molecule has 0 radical (unpaired) electrons. The Morgan fingerprint density at radius 3 is 2.34 bits per heavy atom. The van der Waals surface area contributed by atoms with Gasteiger partial charge in [0.1, 0.15) is 17.6 Å². The summed E-state index contributed by atoms with van der Waals surface area (Å²) in [7, 11) is 0.858. The first kappa shape index (κ1) is 23.5. The highest BCUT2D eigenvalue weighted by Gasteiger charge is 2.69. The number of halogens is 3. The molecular formula is C21H20F3NO7. The number of non-ortho nitro benzene ring substituents is 1. The van der Waals surface area contributed by atoms with E-state index in [-0.39, 0.29) is 41.0 Å². The Balaban J connectivity index is 2.35. The largest absolute Gasteiger partial charge is 0.469 e. The quantitative estimate of drug-likeness (QED) is 0.321. The highest BCUT2D eigenvalue weighted by Crippen LogP contribution is 2.58. The first-order valence-corrected chi connectivity index (χ1v) is 9.53. The molecule has 1 aromatic carbocycles. The lowest BCUT2D eigenvalue weighted by Gasteiger charge is -2.48. The van der Waals surface area contributed by atoms with Gasteiger partial charge in [-0.05, 0) is 17.4 Å². The number of hydrogen-bond donors (Lipinski definition) is 1. The van der Waals surface area contributed by atoms with Gasteiger partial charge < -0.3 is 14.6 Å². The summed E-state index contributed by atoms with van der Waals surface area (Å²) in [6.45, 7) is 3.41. The zero-order valence-corrected chi connectivity index (χ0v) is 17.4. The van der Waals surface area contributed by atoms with Gasteiger partial charge in [0.25, 0.3) is 5.69 Å². The van der Waals surface area contributed by atoms with Crippen LogP contribution in [0.25, 0.3) is 0 Å². The summed E-state index contributed by atoms with van der Waals surface area (Å²) in [6, 6.07) is 4.47. The number of ether oxygens (including phenoxy) is 2. The summed E-state index contributed by atoms with van der Waals surface area (Å²) in [4.78, 5) is 34.7. The maximum absolute atomic E-state index is 14.1. The van der Waals surface area contributed by atoms with E-state index in [0.29, 0.717) is 0 Å². The Kier molecular flexibility index (Phi) is 5.69. The number of allylic oxidation sites excluding steroid dienone is 3. The normalized spacial score (nSPS) is 27.2. The molecule has 0 unspecified atom stereocenters. The van der Waals surface area contributed by atoms with E-state index in [1.54, 1.807) is 19.8 Å². The van der Waals surface area contributed by atoms with Crippen LogP contribution in [0.5, 0.6) is 0 Å². The van der Waals surface area contributed by atoms with Crippen LogP contribution in [0.4, 0.5) is 18.9 Å². The Labute approximate surface area is 180 Å². The van der Waals surface area contributed by atoms with Gasteiger partial charge in [-0.15, -0.1) is 0 Å². The molecule has 0 fully saturated rings. The van der Waals surface area contributed by atoms with E-state index in [1.807, 2.05) is 0 Å². The Morgan fingerprint density at radius 1 is 1.28 bits per heavy atom. The van der Waals surface area contributed by atoms with E-state index >= 15 is 0 Å². The average Bonchev–Trinajstić information content (AvgIpc) is 2.70. The molecule has 1 heterocycles. The van der Waals surface area contributed by atoms with Crippen LogP contribution in [0.1, 0.15) is 38.2 Å². The van der Waals surface area contributed by atoms with Gasteiger partial charge in [0.05, 0.1) is 12.0 Å². The molecule has 3 atom stereocenters. The lowest BCUT2D eigenvalue weighted by atomic mass is 9.65. The molecule has 0 bridgehead atoms. The molecular weight excluding hydrogens is 435 g/mol. The zero-order chi connectivity index (χ0) is 24.1. The number of carbonyl (C=O) groups excluding carboxylic acids is 2. The number of aliphatic hydroxyl groups is 1. The van der Waals surface area contributed by atoms with Crippen molar-refractivity contribution >= 4 is 17.6 Å². The predicted molar refractivity (Wildman–Crippen MR) is 103 cm³/mol. The third-order valence-electron chi connectivity index (χ3n) is 5.71. The number of methoxy groups -OCH3 is 1. The molecule has 11 heteroatoms. The molecule has 0 aromatic heterocycles. The van der Waals surface area contributed by atoms with Crippen LogP contribution in [0.15, 0.2) is 41.2 Å². The monoisotopic (exact) mass is 455 g/mol.